The minimum absolute atomic E-state index is 0.324. The van der Waals surface area contributed by atoms with Crippen LogP contribution in [0.5, 0.6) is 5.75 Å². The molecule has 0 radical (unpaired) electrons. The van der Waals surface area contributed by atoms with Crippen LogP contribution in [0.15, 0.2) is 72.8 Å². The second kappa shape index (κ2) is 6.64. The van der Waals surface area contributed by atoms with Crippen molar-refractivity contribution in [1.29, 1.82) is 0 Å². The summed E-state index contributed by atoms with van der Waals surface area (Å²) in [5, 5.41) is 0.324. The van der Waals surface area contributed by atoms with Crippen LogP contribution in [-0.2, 0) is 4.57 Å². The van der Waals surface area contributed by atoms with Gasteiger partial charge in [0.1, 0.15) is 5.75 Å². The molecule has 0 aliphatic heterocycles. The molecule has 0 saturated heterocycles. The number of hydrogen-bond donors (Lipinski definition) is 1. The van der Waals surface area contributed by atoms with Gasteiger partial charge in [0.25, 0.3) is 0 Å². The normalized spacial score (nSPS) is 13.3. The minimum atomic E-state index is -3.97. The molecule has 0 bridgehead atoms. The van der Waals surface area contributed by atoms with E-state index in [2.05, 4.69) is 0 Å². The summed E-state index contributed by atoms with van der Waals surface area (Å²) in [5.74, 6) is 0.404. The summed E-state index contributed by atoms with van der Waals surface area (Å²) < 4.78 is 18.4. The standard InChI is InChI=1S/C20H19O3P/c1-15-12-13-19(18(14-15)17-9-4-3-5-10-17)23-24(21,22)20-11-7-6-8-16(20)2/h3-14H,1-2H3,(H,21,22). The van der Waals surface area contributed by atoms with Gasteiger partial charge in [-0.1, -0.05) is 60.2 Å². The predicted octanol–water partition coefficient (Wildman–Crippen LogP) is 4.86. The molecule has 1 N–H and O–H groups in total. The Morgan fingerprint density at radius 3 is 2.25 bits per heavy atom. The van der Waals surface area contributed by atoms with Gasteiger partial charge in [0.15, 0.2) is 0 Å². The second-order valence-corrected chi connectivity index (χ2v) is 7.47. The minimum Gasteiger partial charge on any atom is -0.421 e. The van der Waals surface area contributed by atoms with Crippen LogP contribution in [0.4, 0.5) is 0 Å². The van der Waals surface area contributed by atoms with Crippen molar-refractivity contribution in [3.05, 3.63) is 83.9 Å². The average molecular weight is 338 g/mol. The molecule has 0 spiro atoms. The maximum absolute atomic E-state index is 12.8. The fraction of sp³-hybridized carbons (Fsp3) is 0.100. The van der Waals surface area contributed by atoms with Gasteiger partial charge in [-0.05, 0) is 43.2 Å². The number of rotatable bonds is 4. The largest absolute Gasteiger partial charge is 0.421 e. The molecule has 0 fully saturated rings. The van der Waals surface area contributed by atoms with Crippen molar-refractivity contribution in [3.63, 3.8) is 0 Å². The number of benzene rings is 3. The summed E-state index contributed by atoms with van der Waals surface area (Å²) in [5.41, 5.74) is 3.54. The molecule has 0 aliphatic carbocycles. The molecule has 122 valence electrons. The molecular formula is C20H19O3P. The molecule has 0 amide bonds. The predicted molar refractivity (Wildman–Crippen MR) is 97.9 cm³/mol. The Kier molecular flexibility index (Phi) is 4.57. The lowest BCUT2D eigenvalue weighted by Crippen LogP contribution is -2.12. The first-order chi connectivity index (χ1) is 11.5. The summed E-state index contributed by atoms with van der Waals surface area (Å²) in [7, 11) is -3.97. The summed E-state index contributed by atoms with van der Waals surface area (Å²) in [4.78, 5) is 10.5. The molecule has 0 heterocycles. The van der Waals surface area contributed by atoms with E-state index >= 15 is 0 Å². The molecule has 4 heteroatoms. The molecule has 1 atom stereocenters. The first-order valence-electron chi connectivity index (χ1n) is 7.72. The maximum atomic E-state index is 12.8. The van der Waals surface area contributed by atoms with E-state index in [0.29, 0.717) is 11.1 Å². The maximum Gasteiger partial charge on any atom is 0.408 e. The third-order valence-corrected chi connectivity index (χ3v) is 5.42. The van der Waals surface area contributed by atoms with Gasteiger partial charge in [-0.2, -0.15) is 0 Å². The van der Waals surface area contributed by atoms with E-state index in [1.807, 2.05) is 55.5 Å². The van der Waals surface area contributed by atoms with E-state index in [9.17, 15) is 9.46 Å². The van der Waals surface area contributed by atoms with Gasteiger partial charge in [0.2, 0.25) is 0 Å². The molecule has 3 rings (SSSR count). The third kappa shape index (κ3) is 3.43. The van der Waals surface area contributed by atoms with Crippen LogP contribution >= 0.6 is 7.60 Å². The highest BCUT2D eigenvalue weighted by atomic mass is 31.2. The zero-order valence-corrected chi connectivity index (χ0v) is 14.5. The SMILES string of the molecule is Cc1ccc(OP(=O)(O)c2ccccc2C)c(-c2ccccc2)c1. The quantitative estimate of drug-likeness (QED) is 0.691. The van der Waals surface area contributed by atoms with Crippen molar-refractivity contribution in [3.8, 4) is 16.9 Å². The molecule has 3 aromatic rings. The molecule has 1 unspecified atom stereocenters. The third-order valence-electron chi connectivity index (χ3n) is 3.86. The smallest absolute Gasteiger partial charge is 0.408 e. The van der Waals surface area contributed by atoms with E-state index in [1.165, 1.54) is 0 Å². The molecule has 3 aromatic carbocycles. The average Bonchev–Trinajstić information content (AvgIpc) is 2.57. The fourth-order valence-corrected chi connectivity index (χ4v) is 3.95. The van der Waals surface area contributed by atoms with Gasteiger partial charge >= 0.3 is 7.60 Å². The zero-order chi connectivity index (χ0) is 17.2. The highest BCUT2D eigenvalue weighted by Crippen LogP contribution is 2.45. The highest BCUT2D eigenvalue weighted by molar-refractivity contribution is 7.61. The van der Waals surface area contributed by atoms with Crippen molar-refractivity contribution < 1.29 is 14.0 Å². The van der Waals surface area contributed by atoms with Crippen molar-refractivity contribution >= 4 is 12.9 Å². The lowest BCUT2D eigenvalue weighted by molar-refractivity contribution is 0.394. The Labute approximate surface area is 142 Å². The van der Waals surface area contributed by atoms with Crippen LogP contribution < -0.4 is 9.83 Å². The Hall–Kier alpha value is -2.35. The molecule has 0 aromatic heterocycles. The molecule has 3 nitrogen and oxygen atoms in total. The van der Waals surface area contributed by atoms with E-state index < -0.39 is 7.60 Å². The number of hydrogen-bond acceptors (Lipinski definition) is 2. The van der Waals surface area contributed by atoms with Crippen LogP contribution in [0.3, 0.4) is 0 Å². The molecule has 24 heavy (non-hydrogen) atoms. The summed E-state index contributed by atoms with van der Waals surface area (Å²) >= 11 is 0. The van der Waals surface area contributed by atoms with Crippen molar-refractivity contribution in [2.75, 3.05) is 0 Å². The molecular weight excluding hydrogens is 319 g/mol. The first kappa shape index (κ1) is 16.5. The molecule has 0 saturated carbocycles. The van der Waals surface area contributed by atoms with Gasteiger partial charge < -0.3 is 9.42 Å². The van der Waals surface area contributed by atoms with E-state index in [1.54, 1.807) is 31.2 Å². The van der Waals surface area contributed by atoms with Crippen LogP contribution in [0.25, 0.3) is 11.1 Å². The van der Waals surface area contributed by atoms with Gasteiger partial charge in [-0.25, -0.2) is 4.57 Å². The van der Waals surface area contributed by atoms with Gasteiger partial charge in [-0.3, -0.25) is 0 Å². The summed E-state index contributed by atoms with van der Waals surface area (Å²) in [6.45, 7) is 3.78. The second-order valence-electron chi connectivity index (χ2n) is 5.76. The zero-order valence-electron chi connectivity index (χ0n) is 13.6. The van der Waals surface area contributed by atoms with Crippen LogP contribution in [0.1, 0.15) is 11.1 Å². The van der Waals surface area contributed by atoms with Gasteiger partial charge in [0.05, 0.1) is 5.30 Å². The van der Waals surface area contributed by atoms with Crippen molar-refractivity contribution in [2.24, 2.45) is 0 Å². The Morgan fingerprint density at radius 1 is 0.875 bits per heavy atom. The Balaban J connectivity index is 2.05. The monoisotopic (exact) mass is 338 g/mol. The van der Waals surface area contributed by atoms with E-state index in [0.717, 1.165) is 22.3 Å². The van der Waals surface area contributed by atoms with E-state index in [4.69, 9.17) is 4.52 Å². The van der Waals surface area contributed by atoms with Gasteiger partial charge in [-0.15, -0.1) is 0 Å². The van der Waals surface area contributed by atoms with Crippen LogP contribution in [0.2, 0.25) is 0 Å². The Bertz CT molecular complexity index is 904. The topological polar surface area (TPSA) is 46.5 Å². The van der Waals surface area contributed by atoms with Crippen LogP contribution in [0, 0.1) is 13.8 Å². The van der Waals surface area contributed by atoms with E-state index in [-0.39, 0.29) is 0 Å². The first-order valence-corrected chi connectivity index (χ1v) is 9.30. The highest BCUT2D eigenvalue weighted by Gasteiger charge is 2.27. The Morgan fingerprint density at radius 2 is 1.54 bits per heavy atom. The van der Waals surface area contributed by atoms with Gasteiger partial charge in [0, 0.05) is 5.56 Å². The summed E-state index contributed by atoms with van der Waals surface area (Å²) in [6, 6.07) is 22.3. The lowest BCUT2D eigenvalue weighted by Gasteiger charge is -2.18. The summed E-state index contributed by atoms with van der Waals surface area (Å²) in [6.07, 6.45) is 0. The lowest BCUT2D eigenvalue weighted by atomic mass is 10.0. The van der Waals surface area contributed by atoms with Crippen molar-refractivity contribution in [1.82, 2.24) is 0 Å². The fourth-order valence-electron chi connectivity index (χ4n) is 2.63. The number of aryl methyl sites for hydroxylation is 2. The van der Waals surface area contributed by atoms with Crippen LogP contribution in [-0.4, -0.2) is 4.89 Å². The van der Waals surface area contributed by atoms with Crippen molar-refractivity contribution in [2.45, 2.75) is 13.8 Å². The molecule has 0 aliphatic rings.